The second-order valence-electron chi connectivity index (χ2n) is 4.77. The summed E-state index contributed by atoms with van der Waals surface area (Å²) < 4.78 is 1.71. The SMILES string of the molecule is Nc1ncnc2c1cnn2CC1(O)CCNCC1. The fourth-order valence-corrected chi connectivity index (χ4v) is 2.36. The third kappa shape index (κ3) is 1.91. The normalized spacial score (nSPS) is 19.2. The first-order chi connectivity index (χ1) is 8.68. The van der Waals surface area contributed by atoms with Crippen LogP contribution in [0, 0.1) is 0 Å². The van der Waals surface area contributed by atoms with Crippen LogP contribution < -0.4 is 11.1 Å². The summed E-state index contributed by atoms with van der Waals surface area (Å²) >= 11 is 0. The second kappa shape index (κ2) is 4.18. The predicted octanol–water partition coefficient (Wildman–Crippen LogP) is -0.477. The summed E-state index contributed by atoms with van der Waals surface area (Å²) in [5, 5.41) is 18.7. The lowest BCUT2D eigenvalue weighted by atomic mass is 9.92. The van der Waals surface area contributed by atoms with Gasteiger partial charge < -0.3 is 16.2 Å². The summed E-state index contributed by atoms with van der Waals surface area (Å²) in [4.78, 5) is 8.11. The molecule has 0 atom stereocenters. The standard InChI is InChI=1S/C11H16N6O/c12-9-8-5-16-17(10(8)15-7-14-9)6-11(18)1-3-13-4-2-11/h5,7,13,18H,1-4,6H2,(H2,12,14,15). The Morgan fingerprint density at radius 1 is 1.39 bits per heavy atom. The van der Waals surface area contributed by atoms with Crippen LogP contribution in [0.25, 0.3) is 11.0 Å². The number of hydrogen-bond acceptors (Lipinski definition) is 6. The number of aliphatic hydroxyl groups is 1. The Labute approximate surface area is 104 Å². The van der Waals surface area contributed by atoms with Crippen LogP contribution in [0.1, 0.15) is 12.8 Å². The first-order valence-electron chi connectivity index (χ1n) is 6.03. The minimum atomic E-state index is -0.718. The Morgan fingerprint density at radius 3 is 2.94 bits per heavy atom. The number of nitrogens with one attached hydrogen (secondary N) is 1. The molecule has 0 aliphatic carbocycles. The maximum absolute atomic E-state index is 10.5. The number of hydrogen-bond donors (Lipinski definition) is 3. The fraction of sp³-hybridized carbons (Fsp3) is 0.545. The molecule has 7 nitrogen and oxygen atoms in total. The largest absolute Gasteiger partial charge is 0.388 e. The van der Waals surface area contributed by atoms with Gasteiger partial charge in [0.2, 0.25) is 0 Å². The molecule has 96 valence electrons. The Morgan fingerprint density at radius 2 is 2.17 bits per heavy atom. The maximum Gasteiger partial charge on any atom is 0.163 e. The van der Waals surface area contributed by atoms with E-state index in [0.717, 1.165) is 31.3 Å². The lowest BCUT2D eigenvalue weighted by Crippen LogP contribution is -2.45. The lowest BCUT2D eigenvalue weighted by Gasteiger charge is -2.32. The van der Waals surface area contributed by atoms with Gasteiger partial charge in [0.25, 0.3) is 0 Å². The van der Waals surface area contributed by atoms with Crippen LogP contribution in [0.2, 0.25) is 0 Å². The van der Waals surface area contributed by atoms with Gasteiger partial charge in [0, 0.05) is 0 Å². The van der Waals surface area contributed by atoms with E-state index in [4.69, 9.17) is 5.73 Å². The van der Waals surface area contributed by atoms with Crippen LogP contribution >= 0.6 is 0 Å². The molecule has 1 saturated heterocycles. The first-order valence-corrected chi connectivity index (χ1v) is 6.03. The van der Waals surface area contributed by atoms with Gasteiger partial charge in [-0.3, -0.25) is 0 Å². The average Bonchev–Trinajstić information content (AvgIpc) is 2.74. The number of fused-ring (bicyclic) bond motifs is 1. The van der Waals surface area contributed by atoms with Crippen molar-refractivity contribution in [1.82, 2.24) is 25.1 Å². The highest BCUT2D eigenvalue weighted by Crippen LogP contribution is 2.23. The summed E-state index contributed by atoms with van der Waals surface area (Å²) in [6, 6.07) is 0. The number of nitrogens with two attached hydrogens (primary N) is 1. The summed E-state index contributed by atoms with van der Waals surface area (Å²) in [5.41, 5.74) is 5.72. The number of nitrogen functional groups attached to an aromatic ring is 1. The third-order valence-corrected chi connectivity index (χ3v) is 3.44. The van der Waals surface area contributed by atoms with Crippen LogP contribution in [-0.4, -0.2) is 43.5 Å². The van der Waals surface area contributed by atoms with Crippen LogP contribution in [-0.2, 0) is 6.54 Å². The fourth-order valence-electron chi connectivity index (χ4n) is 2.36. The molecule has 1 aliphatic heterocycles. The molecular weight excluding hydrogens is 232 g/mol. The predicted molar refractivity (Wildman–Crippen MR) is 66.8 cm³/mol. The van der Waals surface area contributed by atoms with Crippen LogP contribution in [0.4, 0.5) is 5.82 Å². The molecule has 1 aliphatic rings. The molecule has 2 aromatic rings. The van der Waals surface area contributed by atoms with Gasteiger partial charge in [-0.1, -0.05) is 0 Å². The Bertz CT molecular complexity index is 560. The van der Waals surface area contributed by atoms with Gasteiger partial charge in [0.1, 0.15) is 12.1 Å². The number of aromatic nitrogens is 4. The molecule has 2 aromatic heterocycles. The molecule has 0 saturated carbocycles. The van der Waals surface area contributed by atoms with Gasteiger partial charge in [-0.15, -0.1) is 0 Å². The smallest absolute Gasteiger partial charge is 0.163 e. The topological polar surface area (TPSA) is 102 Å². The van der Waals surface area contributed by atoms with Crippen LogP contribution in [0.15, 0.2) is 12.5 Å². The van der Waals surface area contributed by atoms with Crippen LogP contribution in [0.3, 0.4) is 0 Å². The summed E-state index contributed by atoms with van der Waals surface area (Å²) in [6.45, 7) is 2.09. The van der Waals surface area contributed by atoms with Crippen molar-refractivity contribution in [3.63, 3.8) is 0 Å². The summed E-state index contributed by atoms with van der Waals surface area (Å²) in [7, 11) is 0. The van der Waals surface area contributed by atoms with Crippen molar-refractivity contribution < 1.29 is 5.11 Å². The molecule has 4 N–H and O–H groups in total. The highest BCUT2D eigenvalue weighted by molar-refractivity contribution is 5.84. The van der Waals surface area contributed by atoms with Gasteiger partial charge in [-0.2, -0.15) is 5.10 Å². The summed E-state index contributed by atoms with van der Waals surface area (Å²) in [5.74, 6) is 0.420. The monoisotopic (exact) mass is 248 g/mol. The van der Waals surface area contributed by atoms with Crippen molar-refractivity contribution in [2.75, 3.05) is 18.8 Å². The van der Waals surface area contributed by atoms with E-state index in [1.54, 1.807) is 10.9 Å². The van der Waals surface area contributed by atoms with Crippen LogP contribution in [0.5, 0.6) is 0 Å². The zero-order valence-electron chi connectivity index (χ0n) is 10.0. The zero-order chi connectivity index (χ0) is 12.6. The van der Waals surface area contributed by atoms with Gasteiger partial charge in [0.05, 0.1) is 23.7 Å². The highest BCUT2D eigenvalue weighted by Gasteiger charge is 2.30. The van der Waals surface area contributed by atoms with E-state index in [1.165, 1.54) is 6.33 Å². The van der Waals surface area contributed by atoms with Crippen molar-refractivity contribution in [1.29, 1.82) is 0 Å². The van der Waals surface area contributed by atoms with Gasteiger partial charge in [-0.25, -0.2) is 14.6 Å². The number of anilines is 1. The highest BCUT2D eigenvalue weighted by atomic mass is 16.3. The second-order valence-corrected chi connectivity index (χ2v) is 4.77. The number of piperidine rings is 1. The number of nitrogens with zero attached hydrogens (tertiary/aromatic N) is 4. The Kier molecular flexibility index (Phi) is 2.64. The molecule has 0 radical (unpaired) electrons. The maximum atomic E-state index is 10.5. The molecule has 18 heavy (non-hydrogen) atoms. The third-order valence-electron chi connectivity index (χ3n) is 3.44. The average molecular weight is 248 g/mol. The van der Waals surface area contributed by atoms with Gasteiger partial charge >= 0.3 is 0 Å². The van der Waals surface area contributed by atoms with E-state index < -0.39 is 5.60 Å². The molecule has 0 unspecified atom stereocenters. The minimum Gasteiger partial charge on any atom is -0.388 e. The van der Waals surface area contributed by atoms with Crippen molar-refractivity contribution in [3.05, 3.63) is 12.5 Å². The molecule has 7 heteroatoms. The summed E-state index contributed by atoms with van der Waals surface area (Å²) in [6.07, 6.45) is 4.50. The molecule has 3 heterocycles. The van der Waals surface area contributed by atoms with E-state index >= 15 is 0 Å². The molecule has 1 fully saturated rings. The lowest BCUT2D eigenvalue weighted by molar-refractivity contribution is -0.00729. The molecule has 0 spiro atoms. The Balaban J connectivity index is 1.93. The first kappa shape index (κ1) is 11.4. The minimum absolute atomic E-state index is 0.420. The van der Waals surface area contributed by atoms with Crippen molar-refractivity contribution in [3.8, 4) is 0 Å². The molecular formula is C11H16N6O. The van der Waals surface area contributed by atoms with Crippen molar-refractivity contribution >= 4 is 16.9 Å². The van der Waals surface area contributed by atoms with E-state index in [2.05, 4.69) is 20.4 Å². The van der Waals surface area contributed by atoms with Gasteiger partial charge in [0.15, 0.2) is 5.65 Å². The molecule has 0 bridgehead atoms. The van der Waals surface area contributed by atoms with Crippen molar-refractivity contribution in [2.24, 2.45) is 0 Å². The molecule has 0 amide bonds. The zero-order valence-corrected chi connectivity index (χ0v) is 10.0. The van der Waals surface area contributed by atoms with E-state index in [1.807, 2.05) is 0 Å². The van der Waals surface area contributed by atoms with Gasteiger partial charge in [-0.05, 0) is 25.9 Å². The van der Waals surface area contributed by atoms with E-state index in [-0.39, 0.29) is 0 Å². The molecule has 0 aromatic carbocycles. The van der Waals surface area contributed by atoms with E-state index in [0.29, 0.717) is 18.0 Å². The van der Waals surface area contributed by atoms with Crippen molar-refractivity contribution in [2.45, 2.75) is 25.0 Å². The quantitative estimate of drug-likeness (QED) is 0.663. The van der Waals surface area contributed by atoms with E-state index in [9.17, 15) is 5.11 Å². The molecule has 3 rings (SSSR count). The number of rotatable bonds is 2. The Hall–Kier alpha value is -1.73.